The van der Waals surface area contributed by atoms with Gasteiger partial charge in [-0.1, -0.05) is 29.8 Å². The van der Waals surface area contributed by atoms with Gasteiger partial charge in [0.2, 0.25) is 0 Å². The summed E-state index contributed by atoms with van der Waals surface area (Å²) < 4.78 is 18.2. The topological polar surface area (TPSA) is 75.6 Å². The van der Waals surface area contributed by atoms with E-state index >= 15 is 0 Å². The van der Waals surface area contributed by atoms with Crippen molar-refractivity contribution >= 4 is 11.9 Å². The van der Waals surface area contributed by atoms with Crippen molar-refractivity contribution < 1.29 is 23.8 Å². The maximum Gasteiger partial charge on any atom is 0.342 e. The molecule has 0 aliphatic heterocycles. The van der Waals surface area contributed by atoms with Crippen LogP contribution >= 0.6 is 0 Å². The molecule has 23 heavy (non-hydrogen) atoms. The molecule has 0 aliphatic rings. The zero-order valence-electron chi connectivity index (χ0n) is 12.5. The molecule has 2 aromatic rings. The van der Waals surface area contributed by atoms with Crippen molar-refractivity contribution in [1.29, 1.82) is 0 Å². The molecule has 0 radical (unpaired) electrons. The molecule has 2 aromatic carbocycles. The first-order valence-corrected chi connectivity index (χ1v) is 6.94. The zero-order chi connectivity index (χ0) is 16.8. The van der Waals surface area contributed by atoms with Crippen LogP contribution in [-0.2, 0) is 16.1 Å². The van der Waals surface area contributed by atoms with Gasteiger partial charge in [0, 0.05) is 12.1 Å². The van der Waals surface area contributed by atoms with Gasteiger partial charge in [0.15, 0.2) is 6.61 Å². The highest BCUT2D eigenvalue weighted by molar-refractivity contribution is 5.94. The Kier molecular flexibility index (Phi) is 5.30. The van der Waals surface area contributed by atoms with Gasteiger partial charge in [0.1, 0.15) is 17.1 Å². The molecule has 5 nitrogen and oxygen atoms in total. The van der Waals surface area contributed by atoms with Crippen LogP contribution in [0.4, 0.5) is 4.39 Å². The highest BCUT2D eigenvalue weighted by atomic mass is 19.1. The van der Waals surface area contributed by atoms with Crippen LogP contribution in [0, 0.1) is 12.7 Å². The molecule has 6 heteroatoms. The minimum absolute atomic E-state index is 0.00124. The Hall–Kier alpha value is -2.89. The van der Waals surface area contributed by atoms with Crippen LogP contribution in [0.3, 0.4) is 0 Å². The summed E-state index contributed by atoms with van der Waals surface area (Å²) in [5, 5.41) is 12.1. The van der Waals surface area contributed by atoms with Crippen LogP contribution in [0.25, 0.3) is 0 Å². The molecule has 1 amide bonds. The maximum absolute atomic E-state index is 13.4. The Labute approximate surface area is 132 Å². The first-order chi connectivity index (χ1) is 11.0. The van der Waals surface area contributed by atoms with Gasteiger partial charge in [0.25, 0.3) is 5.91 Å². The number of phenols is 1. The minimum Gasteiger partial charge on any atom is -0.507 e. The number of hydrogen-bond acceptors (Lipinski definition) is 4. The number of ether oxygens (including phenoxy) is 1. The van der Waals surface area contributed by atoms with Crippen molar-refractivity contribution in [2.75, 3.05) is 6.61 Å². The van der Waals surface area contributed by atoms with E-state index in [4.69, 9.17) is 4.74 Å². The minimum atomic E-state index is -0.799. The van der Waals surface area contributed by atoms with Gasteiger partial charge in [0.05, 0.1) is 0 Å². The van der Waals surface area contributed by atoms with Crippen LogP contribution in [0.15, 0.2) is 42.5 Å². The number of benzene rings is 2. The molecule has 0 fully saturated rings. The number of rotatable bonds is 5. The standard InChI is InChI=1S/C17H16FNO4/c1-11-6-7-15(20)13(8-11)17(22)23-10-16(21)19-9-12-4-2-3-5-14(12)18/h2-8,20H,9-10H2,1H3,(H,19,21). The van der Waals surface area contributed by atoms with E-state index in [1.165, 1.54) is 18.2 Å². The zero-order valence-corrected chi connectivity index (χ0v) is 12.5. The fraction of sp³-hybridized carbons (Fsp3) is 0.176. The highest BCUT2D eigenvalue weighted by Gasteiger charge is 2.14. The van der Waals surface area contributed by atoms with Crippen LogP contribution in [-0.4, -0.2) is 23.6 Å². The monoisotopic (exact) mass is 317 g/mol. The summed E-state index contributed by atoms with van der Waals surface area (Å²) in [7, 11) is 0. The van der Waals surface area contributed by atoms with Crippen LogP contribution in [0.2, 0.25) is 0 Å². The average Bonchev–Trinajstić information content (AvgIpc) is 2.54. The molecule has 0 heterocycles. The number of nitrogens with one attached hydrogen (secondary N) is 1. The Morgan fingerprint density at radius 1 is 1.22 bits per heavy atom. The third kappa shape index (κ3) is 4.54. The largest absolute Gasteiger partial charge is 0.507 e. The average molecular weight is 317 g/mol. The first-order valence-electron chi connectivity index (χ1n) is 6.94. The SMILES string of the molecule is Cc1ccc(O)c(C(=O)OCC(=O)NCc2ccccc2F)c1. The van der Waals surface area contributed by atoms with Crippen molar-refractivity contribution in [1.82, 2.24) is 5.32 Å². The fourth-order valence-electron chi connectivity index (χ4n) is 1.91. The molecule has 120 valence electrons. The molecule has 0 aliphatic carbocycles. The van der Waals surface area contributed by atoms with Gasteiger partial charge < -0.3 is 15.2 Å². The summed E-state index contributed by atoms with van der Waals surface area (Å²) in [4.78, 5) is 23.5. The second-order valence-corrected chi connectivity index (χ2v) is 4.96. The smallest absolute Gasteiger partial charge is 0.342 e. The number of phenolic OH excluding ortho intramolecular Hbond substituents is 1. The number of halogens is 1. The third-order valence-electron chi connectivity index (χ3n) is 3.14. The maximum atomic E-state index is 13.4. The summed E-state index contributed by atoms with van der Waals surface area (Å²) in [5.74, 6) is -2.00. The lowest BCUT2D eigenvalue weighted by Crippen LogP contribution is -2.28. The Bertz CT molecular complexity index is 730. The second-order valence-electron chi connectivity index (χ2n) is 4.96. The van der Waals surface area contributed by atoms with Crippen LogP contribution < -0.4 is 5.32 Å². The number of esters is 1. The lowest BCUT2D eigenvalue weighted by atomic mass is 10.1. The van der Waals surface area contributed by atoms with E-state index in [0.717, 1.165) is 5.56 Å². The molecule has 0 bridgehead atoms. The van der Waals surface area contributed by atoms with Gasteiger partial charge in [-0.3, -0.25) is 4.79 Å². The Balaban J connectivity index is 1.86. The van der Waals surface area contributed by atoms with Crippen LogP contribution in [0.1, 0.15) is 21.5 Å². The molecule has 0 unspecified atom stereocenters. The van der Waals surface area contributed by atoms with Crippen LogP contribution in [0.5, 0.6) is 5.75 Å². The predicted molar refractivity (Wildman–Crippen MR) is 81.4 cm³/mol. The number of carbonyl (C=O) groups excluding carboxylic acids is 2. The molecule has 0 aromatic heterocycles. The number of hydrogen-bond donors (Lipinski definition) is 2. The lowest BCUT2D eigenvalue weighted by molar-refractivity contribution is -0.124. The lowest BCUT2D eigenvalue weighted by Gasteiger charge is -2.08. The first kappa shape index (κ1) is 16.5. The third-order valence-corrected chi connectivity index (χ3v) is 3.14. The number of carbonyl (C=O) groups is 2. The summed E-state index contributed by atoms with van der Waals surface area (Å²) in [5.41, 5.74) is 1.11. The van der Waals surface area contributed by atoms with E-state index < -0.39 is 24.3 Å². The van der Waals surface area contributed by atoms with E-state index in [1.807, 2.05) is 0 Å². The number of aromatic hydroxyl groups is 1. The van der Waals surface area contributed by atoms with Crippen molar-refractivity contribution in [3.05, 3.63) is 65.0 Å². The van der Waals surface area contributed by atoms with Crippen molar-refractivity contribution in [3.8, 4) is 5.75 Å². The molecule has 0 saturated heterocycles. The Morgan fingerprint density at radius 3 is 2.70 bits per heavy atom. The molecular weight excluding hydrogens is 301 g/mol. The molecule has 2 rings (SSSR count). The summed E-state index contributed by atoms with van der Waals surface area (Å²) in [6.07, 6.45) is 0. The Morgan fingerprint density at radius 2 is 1.96 bits per heavy atom. The van der Waals surface area contributed by atoms with E-state index in [-0.39, 0.29) is 17.9 Å². The molecule has 0 saturated carbocycles. The second kappa shape index (κ2) is 7.40. The molecule has 0 spiro atoms. The van der Waals surface area contributed by atoms with E-state index in [9.17, 15) is 19.1 Å². The van der Waals surface area contributed by atoms with Crippen molar-refractivity contribution in [2.24, 2.45) is 0 Å². The van der Waals surface area contributed by atoms with E-state index in [0.29, 0.717) is 5.56 Å². The summed E-state index contributed by atoms with van der Waals surface area (Å²) in [6, 6.07) is 10.5. The van der Waals surface area contributed by atoms with Gasteiger partial charge >= 0.3 is 5.97 Å². The number of aryl methyl sites for hydroxylation is 1. The summed E-state index contributed by atoms with van der Waals surface area (Å²) >= 11 is 0. The van der Waals surface area contributed by atoms with Gasteiger partial charge in [-0.05, 0) is 25.1 Å². The molecular formula is C17H16FNO4. The van der Waals surface area contributed by atoms with E-state index in [1.54, 1.807) is 31.2 Å². The molecule has 0 atom stereocenters. The van der Waals surface area contributed by atoms with Gasteiger partial charge in [-0.25, -0.2) is 9.18 Å². The van der Waals surface area contributed by atoms with E-state index in [2.05, 4.69) is 5.32 Å². The normalized spacial score (nSPS) is 10.2. The van der Waals surface area contributed by atoms with Crippen molar-refractivity contribution in [3.63, 3.8) is 0 Å². The van der Waals surface area contributed by atoms with Gasteiger partial charge in [-0.15, -0.1) is 0 Å². The van der Waals surface area contributed by atoms with Gasteiger partial charge in [-0.2, -0.15) is 0 Å². The number of amides is 1. The highest BCUT2D eigenvalue weighted by Crippen LogP contribution is 2.19. The quantitative estimate of drug-likeness (QED) is 0.830. The van der Waals surface area contributed by atoms with Crippen molar-refractivity contribution in [2.45, 2.75) is 13.5 Å². The fourth-order valence-corrected chi connectivity index (χ4v) is 1.91. The predicted octanol–water partition coefficient (Wildman–Crippen LogP) is 2.31. The molecule has 2 N–H and O–H groups in total. The summed E-state index contributed by atoms with van der Waals surface area (Å²) in [6.45, 7) is 1.25.